The molecule has 0 spiro atoms. The molecule has 3 heterocycles. The number of nitrogens with one attached hydrogen (secondary N) is 1. The van der Waals surface area contributed by atoms with E-state index in [1.54, 1.807) is 16.2 Å². The normalized spacial score (nSPS) is 27.1. The zero-order valence-electron chi connectivity index (χ0n) is 20.7. The first-order valence-corrected chi connectivity index (χ1v) is 12.9. The van der Waals surface area contributed by atoms with E-state index in [4.69, 9.17) is 10.5 Å². The fraction of sp³-hybridized carbons (Fsp3) is 0.654. The topological polar surface area (TPSA) is 112 Å². The van der Waals surface area contributed by atoms with Crippen molar-refractivity contribution in [2.75, 3.05) is 26.2 Å². The van der Waals surface area contributed by atoms with Crippen LogP contribution in [0.25, 0.3) is 11.0 Å². The van der Waals surface area contributed by atoms with Gasteiger partial charge in [-0.05, 0) is 56.6 Å². The number of carbonyl (C=O) groups is 2. The van der Waals surface area contributed by atoms with Crippen molar-refractivity contribution in [1.29, 1.82) is 0 Å². The van der Waals surface area contributed by atoms with E-state index in [0.29, 0.717) is 31.0 Å². The summed E-state index contributed by atoms with van der Waals surface area (Å²) in [5.41, 5.74) is 8.44. The molecule has 9 heteroatoms. The molecule has 1 saturated carbocycles. The van der Waals surface area contributed by atoms with Crippen LogP contribution in [0.15, 0.2) is 23.0 Å². The Labute approximate surface area is 205 Å². The van der Waals surface area contributed by atoms with Crippen molar-refractivity contribution in [3.63, 3.8) is 0 Å². The fourth-order valence-corrected chi connectivity index (χ4v) is 6.08. The molecule has 1 aromatic carbocycles. The molecule has 3 aliphatic rings. The molecule has 3 fully saturated rings. The minimum absolute atomic E-state index is 0.0932. The number of aryl methyl sites for hydroxylation is 1. The second-order valence-corrected chi connectivity index (χ2v) is 10.8. The smallest absolute Gasteiger partial charge is 0.329 e. The molecule has 2 amide bonds. The predicted octanol–water partition coefficient (Wildman–Crippen LogP) is 1.64. The molecule has 35 heavy (non-hydrogen) atoms. The summed E-state index contributed by atoms with van der Waals surface area (Å²) in [6.07, 6.45) is 5.58. The molecule has 2 atom stereocenters. The van der Waals surface area contributed by atoms with Crippen molar-refractivity contribution in [3.8, 4) is 0 Å². The zero-order chi connectivity index (χ0) is 24.7. The summed E-state index contributed by atoms with van der Waals surface area (Å²) in [5.74, 6) is 0.405. The summed E-state index contributed by atoms with van der Waals surface area (Å²) in [6, 6.07) is 5.44. The van der Waals surface area contributed by atoms with Crippen molar-refractivity contribution in [2.45, 2.75) is 69.6 Å². The number of hydrogen-bond acceptors (Lipinski definition) is 6. The highest BCUT2D eigenvalue weighted by atomic mass is 16.5. The number of benzene rings is 1. The number of hydrogen-bond donors (Lipinski definition) is 2. The first kappa shape index (κ1) is 24.2. The minimum Gasteiger partial charge on any atom is -0.377 e. The Morgan fingerprint density at radius 2 is 1.86 bits per heavy atom. The highest BCUT2D eigenvalue weighted by Crippen LogP contribution is 2.35. The number of nitrogens with two attached hydrogens (primary N) is 1. The summed E-state index contributed by atoms with van der Waals surface area (Å²) in [7, 11) is 1.78. The van der Waals surface area contributed by atoms with Crippen LogP contribution in [-0.2, 0) is 21.4 Å². The van der Waals surface area contributed by atoms with Gasteiger partial charge in [0.25, 0.3) is 0 Å². The van der Waals surface area contributed by atoms with Crippen molar-refractivity contribution in [1.82, 2.24) is 19.4 Å². The van der Waals surface area contributed by atoms with Gasteiger partial charge < -0.3 is 15.4 Å². The Morgan fingerprint density at radius 3 is 2.54 bits per heavy atom. The summed E-state index contributed by atoms with van der Waals surface area (Å²) in [5, 5.41) is 2.38. The van der Waals surface area contributed by atoms with Gasteiger partial charge >= 0.3 is 5.69 Å². The van der Waals surface area contributed by atoms with Gasteiger partial charge in [0.2, 0.25) is 11.8 Å². The number of para-hydroxylation sites is 1. The fourth-order valence-electron chi connectivity index (χ4n) is 6.08. The van der Waals surface area contributed by atoms with Crippen LogP contribution in [0.3, 0.4) is 0 Å². The van der Waals surface area contributed by atoms with Gasteiger partial charge in [0.05, 0.1) is 23.7 Å². The van der Waals surface area contributed by atoms with Crippen LogP contribution in [0.4, 0.5) is 0 Å². The number of ether oxygens (including phenoxy) is 1. The first-order chi connectivity index (χ1) is 16.8. The van der Waals surface area contributed by atoms with Gasteiger partial charge in [-0.25, -0.2) is 4.79 Å². The number of fused-ring (bicyclic) bond motifs is 1. The van der Waals surface area contributed by atoms with E-state index >= 15 is 0 Å². The Balaban J connectivity index is 1.24. The molecule has 1 aliphatic carbocycles. The van der Waals surface area contributed by atoms with Crippen LogP contribution in [0.5, 0.6) is 0 Å². The summed E-state index contributed by atoms with van der Waals surface area (Å²) in [6.45, 7) is 5.70. The molecule has 2 aromatic rings. The minimum atomic E-state index is -0.649. The lowest BCUT2D eigenvalue weighted by Gasteiger charge is -2.43. The second kappa shape index (κ2) is 9.87. The van der Waals surface area contributed by atoms with E-state index in [-0.39, 0.29) is 24.1 Å². The average Bonchev–Trinajstić information content (AvgIpc) is 3.06. The maximum Gasteiger partial charge on any atom is 0.329 e. The summed E-state index contributed by atoms with van der Waals surface area (Å²) in [4.78, 5) is 39.8. The number of imidazole rings is 1. The van der Waals surface area contributed by atoms with Gasteiger partial charge in [0.1, 0.15) is 6.04 Å². The number of amides is 2. The third-order valence-electron chi connectivity index (χ3n) is 7.96. The number of imide groups is 1. The Bertz CT molecular complexity index is 1150. The summed E-state index contributed by atoms with van der Waals surface area (Å²) >= 11 is 0. The van der Waals surface area contributed by atoms with Gasteiger partial charge in [-0.1, -0.05) is 12.1 Å². The van der Waals surface area contributed by atoms with Crippen molar-refractivity contribution in [3.05, 3.63) is 34.2 Å². The monoisotopic (exact) mass is 483 g/mol. The lowest BCUT2D eigenvalue weighted by Crippen LogP contribution is -2.47. The van der Waals surface area contributed by atoms with E-state index in [0.717, 1.165) is 49.1 Å². The highest BCUT2D eigenvalue weighted by Gasteiger charge is 2.35. The van der Waals surface area contributed by atoms with Crippen molar-refractivity contribution >= 4 is 22.8 Å². The van der Waals surface area contributed by atoms with Crippen LogP contribution < -0.4 is 16.7 Å². The van der Waals surface area contributed by atoms with Crippen molar-refractivity contribution in [2.24, 2.45) is 18.7 Å². The van der Waals surface area contributed by atoms with Crippen LogP contribution >= 0.6 is 0 Å². The molecule has 190 valence electrons. The molecule has 0 radical (unpaired) electrons. The quantitative estimate of drug-likeness (QED) is 0.579. The first-order valence-electron chi connectivity index (χ1n) is 12.9. The van der Waals surface area contributed by atoms with Crippen LogP contribution in [0.1, 0.15) is 63.0 Å². The number of carbonyl (C=O) groups excluding carboxylic acids is 2. The SMILES string of the molecule is C[C@@H](N)COC1CCC(CN2CC(c3cccc4c3n(C)c(=O)n4C3CCC(=O)NC3=O)C2)CC1. The maximum absolute atomic E-state index is 13.2. The van der Waals surface area contributed by atoms with Crippen LogP contribution in [0, 0.1) is 5.92 Å². The van der Waals surface area contributed by atoms with Crippen molar-refractivity contribution < 1.29 is 14.3 Å². The standard InChI is InChI=1S/C26H37N5O4/c1-16(27)15-35-19-8-6-17(7-9-19)12-30-13-18(14-30)20-4-3-5-21-24(20)29(2)26(34)31(21)22-10-11-23(32)28-25(22)33/h3-5,16-19,22H,6-15,27H2,1-2H3,(H,28,32,33)/t16-,17?,19?,22?/m1/s1. The number of piperidine rings is 1. The summed E-state index contributed by atoms with van der Waals surface area (Å²) < 4.78 is 9.16. The molecule has 5 rings (SSSR count). The molecule has 0 bridgehead atoms. The van der Waals surface area contributed by atoms with Gasteiger partial charge in [-0.2, -0.15) is 0 Å². The number of rotatable bonds is 7. The lowest BCUT2D eigenvalue weighted by atomic mass is 9.84. The molecular weight excluding hydrogens is 446 g/mol. The maximum atomic E-state index is 13.2. The number of likely N-dealkylation sites (tertiary alicyclic amines) is 1. The third kappa shape index (κ3) is 4.81. The largest absolute Gasteiger partial charge is 0.377 e. The van der Waals surface area contributed by atoms with E-state index in [2.05, 4.69) is 16.3 Å². The molecule has 1 unspecified atom stereocenters. The van der Waals surface area contributed by atoms with Gasteiger partial charge in [0, 0.05) is 45.1 Å². The Morgan fingerprint density at radius 1 is 1.11 bits per heavy atom. The number of aromatic nitrogens is 2. The predicted molar refractivity (Wildman–Crippen MR) is 133 cm³/mol. The lowest BCUT2D eigenvalue weighted by molar-refractivity contribution is -0.135. The zero-order valence-corrected chi connectivity index (χ0v) is 20.7. The van der Waals surface area contributed by atoms with E-state index < -0.39 is 11.9 Å². The Kier molecular flexibility index (Phi) is 6.83. The van der Waals surface area contributed by atoms with Crippen LogP contribution in [-0.4, -0.2) is 64.2 Å². The van der Waals surface area contributed by atoms with E-state index in [1.165, 1.54) is 12.8 Å². The van der Waals surface area contributed by atoms with Gasteiger partial charge in [0.15, 0.2) is 0 Å². The molecule has 1 aromatic heterocycles. The molecule has 3 N–H and O–H groups in total. The van der Waals surface area contributed by atoms with Crippen LogP contribution in [0.2, 0.25) is 0 Å². The Hall–Kier alpha value is -2.49. The van der Waals surface area contributed by atoms with Gasteiger partial charge in [-0.3, -0.25) is 24.0 Å². The highest BCUT2D eigenvalue weighted by molar-refractivity contribution is 6.00. The van der Waals surface area contributed by atoms with E-state index in [1.807, 2.05) is 19.1 Å². The van der Waals surface area contributed by atoms with E-state index in [9.17, 15) is 14.4 Å². The molecule has 2 saturated heterocycles. The average molecular weight is 484 g/mol. The molecular formula is C26H37N5O4. The third-order valence-corrected chi connectivity index (χ3v) is 7.96. The van der Waals surface area contributed by atoms with Gasteiger partial charge in [-0.15, -0.1) is 0 Å². The molecule has 9 nitrogen and oxygen atoms in total. The number of nitrogens with zero attached hydrogens (tertiary/aromatic N) is 3. The molecule has 2 aliphatic heterocycles. The second-order valence-electron chi connectivity index (χ2n) is 10.8.